The molecule has 226 valence electrons. The van der Waals surface area contributed by atoms with E-state index in [0.717, 1.165) is 23.1 Å². The number of fused-ring (bicyclic) bond motifs is 1. The first-order valence-corrected chi connectivity index (χ1v) is 14.5. The number of halogens is 3. The largest absolute Gasteiger partial charge is 0.416 e. The fourth-order valence-corrected chi connectivity index (χ4v) is 7.08. The molecule has 3 unspecified atom stereocenters. The maximum absolute atomic E-state index is 13.1. The van der Waals surface area contributed by atoms with Crippen LogP contribution in [-0.2, 0) is 32.7 Å². The van der Waals surface area contributed by atoms with Crippen LogP contribution in [0.4, 0.5) is 13.2 Å². The van der Waals surface area contributed by atoms with Gasteiger partial charge >= 0.3 is 6.18 Å². The number of nitrogens with zero attached hydrogens (tertiary/aromatic N) is 3. The van der Waals surface area contributed by atoms with E-state index in [1.165, 1.54) is 19.1 Å². The number of likely N-dealkylation sites (tertiary alicyclic amines) is 2. The number of piperidine rings is 2. The second-order valence-corrected chi connectivity index (χ2v) is 12.2. The van der Waals surface area contributed by atoms with Crippen molar-refractivity contribution in [1.29, 1.82) is 0 Å². The lowest BCUT2D eigenvalue weighted by Crippen LogP contribution is -2.59. The molecule has 3 aliphatic rings. The highest BCUT2D eigenvalue weighted by atomic mass is 19.4. The van der Waals surface area contributed by atoms with Gasteiger partial charge in [0.2, 0.25) is 17.7 Å². The average Bonchev–Trinajstić information content (AvgIpc) is 3.40. The van der Waals surface area contributed by atoms with Gasteiger partial charge in [0, 0.05) is 63.1 Å². The number of aromatic nitrogens is 1. The van der Waals surface area contributed by atoms with E-state index in [2.05, 4.69) is 15.2 Å². The lowest BCUT2D eigenvalue weighted by molar-refractivity contribution is -0.144. The Morgan fingerprint density at radius 2 is 1.84 bits per heavy atom. The summed E-state index contributed by atoms with van der Waals surface area (Å²) in [6.45, 7) is 3.76. The molecule has 3 aromatic rings. The number of carbonyl (C=O) groups is 3. The number of imide groups is 1. The van der Waals surface area contributed by atoms with E-state index < -0.39 is 28.7 Å². The molecule has 3 fully saturated rings. The summed E-state index contributed by atoms with van der Waals surface area (Å²) in [6, 6.07) is 12.7. The van der Waals surface area contributed by atoms with Crippen LogP contribution in [-0.4, -0.2) is 63.8 Å². The van der Waals surface area contributed by atoms with Gasteiger partial charge < -0.3 is 10.0 Å². The predicted molar refractivity (Wildman–Crippen MR) is 151 cm³/mol. The average molecular weight is 595 g/mol. The molecule has 3 aliphatic heterocycles. The number of carbonyl (C=O) groups excluding carboxylic acids is 3. The molecule has 4 heterocycles. The van der Waals surface area contributed by atoms with Gasteiger partial charge in [0.25, 0.3) is 0 Å². The maximum atomic E-state index is 13.1. The Morgan fingerprint density at radius 1 is 1.07 bits per heavy atom. The van der Waals surface area contributed by atoms with Crippen molar-refractivity contribution in [2.75, 3.05) is 26.2 Å². The molecule has 3 amide bonds. The highest BCUT2D eigenvalue weighted by Gasteiger charge is 2.57. The topological polar surface area (TPSA) is 103 Å². The Labute approximate surface area is 246 Å². The normalized spacial score (nSPS) is 26.7. The number of hydrogen-bond donors (Lipinski definition) is 2. The number of pyridine rings is 1. The van der Waals surface area contributed by atoms with Crippen molar-refractivity contribution in [1.82, 2.24) is 20.1 Å². The second kappa shape index (κ2) is 10.7. The summed E-state index contributed by atoms with van der Waals surface area (Å²) in [5.74, 6) is -1.19. The van der Waals surface area contributed by atoms with Crippen molar-refractivity contribution in [3.8, 4) is 0 Å². The molecule has 8 nitrogen and oxygen atoms in total. The zero-order valence-corrected chi connectivity index (χ0v) is 23.8. The first-order valence-electron chi connectivity index (χ1n) is 14.5. The minimum absolute atomic E-state index is 0.0734. The van der Waals surface area contributed by atoms with Crippen LogP contribution >= 0.6 is 0 Å². The van der Waals surface area contributed by atoms with E-state index in [-0.39, 0.29) is 24.1 Å². The Balaban J connectivity index is 1.31. The van der Waals surface area contributed by atoms with E-state index in [1.54, 1.807) is 11.1 Å². The predicted octanol–water partition coefficient (Wildman–Crippen LogP) is 4.11. The lowest BCUT2D eigenvalue weighted by Gasteiger charge is -2.52. The molecular weight excluding hydrogens is 561 g/mol. The van der Waals surface area contributed by atoms with Crippen LogP contribution in [0.3, 0.4) is 0 Å². The van der Waals surface area contributed by atoms with Gasteiger partial charge in [-0.25, -0.2) is 0 Å². The monoisotopic (exact) mass is 594 g/mol. The highest BCUT2D eigenvalue weighted by molar-refractivity contribution is 6.01. The van der Waals surface area contributed by atoms with Crippen molar-refractivity contribution >= 4 is 28.6 Å². The van der Waals surface area contributed by atoms with Crippen LogP contribution in [0.2, 0.25) is 0 Å². The van der Waals surface area contributed by atoms with Crippen LogP contribution < -0.4 is 5.32 Å². The number of nitrogens with one attached hydrogen (secondary N) is 1. The first kappa shape index (κ1) is 29.3. The van der Waals surface area contributed by atoms with Crippen LogP contribution in [0.1, 0.15) is 60.8 Å². The van der Waals surface area contributed by atoms with E-state index in [4.69, 9.17) is 0 Å². The molecule has 0 radical (unpaired) electrons. The summed E-state index contributed by atoms with van der Waals surface area (Å²) in [4.78, 5) is 45.0. The van der Waals surface area contributed by atoms with Gasteiger partial charge in [-0.1, -0.05) is 18.2 Å². The summed E-state index contributed by atoms with van der Waals surface area (Å²) in [7, 11) is 0. The van der Waals surface area contributed by atoms with Crippen molar-refractivity contribution in [3.63, 3.8) is 0 Å². The third-order valence-electron chi connectivity index (χ3n) is 9.50. The van der Waals surface area contributed by atoms with E-state index in [0.29, 0.717) is 68.6 Å². The standard InChI is InChI=1S/C32H33F3N4O4/c1-20(40)39-13-10-30(19-39)18-38(17-21-2-4-24(5-3-21)32(33,34)35)12-11-31(30,43)25-6-8-27-22(15-25)14-23(16-36-27)26-7-9-28(41)37-29(26)42/h2-6,8,14-16,26,43H,7,9-13,17-19H2,1H3,(H,37,41,42). The Morgan fingerprint density at radius 3 is 2.51 bits per heavy atom. The van der Waals surface area contributed by atoms with Gasteiger partial charge in [0.15, 0.2) is 0 Å². The minimum atomic E-state index is -4.40. The molecule has 3 atom stereocenters. The number of aliphatic hydroxyl groups is 1. The number of amides is 3. The lowest BCUT2D eigenvalue weighted by atomic mass is 9.63. The molecule has 2 aromatic carbocycles. The molecule has 11 heteroatoms. The van der Waals surface area contributed by atoms with Gasteiger partial charge in [0.1, 0.15) is 0 Å². The van der Waals surface area contributed by atoms with Crippen LogP contribution in [0.25, 0.3) is 10.9 Å². The zero-order valence-electron chi connectivity index (χ0n) is 23.8. The fraction of sp³-hybridized carbons (Fsp3) is 0.438. The Hall–Kier alpha value is -3.83. The molecule has 43 heavy (non-hydrogen) atoms. The van der Waals surface area contributed by atoms with Crippen molar-refractivity contribution < 1.29 is 32.7 Å². The van der Waals surface area contributed by atoms with Crippen molar-refractivity contribution in [2.45, 2.75) is 56.8 Å². The van der Waals surface area contributed by atoms with Crippen LogP contribution in [0, 0.1) is 5.41 Å². The van der Waals surface area contributed by atoms with Crippen LogP contribution in [0.15, 0.2) is 54.7 Å². The molecule has 0 bridgehead atoms. The van der Waals surface area contributed by atoms with Gasteiger partial charge in [-0.3, -0.25) is 29.6 Å². The molecule has 3 saturated heterocycles. The molecule has 1 spiro atoms. The van der Waals surface area contributed by atoms with Gasteiger partial charge in [-0.2, -0.15) is 13.2 Å². The molecule has 0 saturated carbocycles. The minimum Gasteiger partial charge on any atom is -0.384 e. The summed E-state index contributed by atoms with van der Waals surface area (Å²) < 4.78 is 39.2. The smallest absolute Gasteiger partial charge is 0.384 e. The van der Waals surface area contributed by atoms with E-state index in [1.807, 2.05) is 24.3 Å². The Bertz CT molecular complexity index is 1590. The molecule has 0 aliphatic carbocycles. The third kappa shape index (κ3) is 5.40. The number of alkyl halides is 3. The maximum Gasteiger partial charge on any atom is 0.416 e. The van der Waals surface area contributed by atoms with Crippen LogP contribution in [0.5, 0.6) is 0 Å². The first-order chi connectivity index (χ1) is 20.4. The second-order valence-electron chi connectivity index (χ2n) is 12.2. The quantitative estimate of drug-likeness (QED) is 0.441. The number of rotatable bonds is 4. The molecular formula is C32H33F3N4O4. The van der Waals surface area contributed by atoms with Crippen molar-refractivity contribution in [3.05, 3.63) is 77.0 Å². The highest BCUT2D eigenvalue weighted by Crippen LogP contribution is 2.52. The van der Waals surface area contributed by atoms with Gasteiger partial charge in [0.05, 0.1) is 22.6 Å². The number of hydrogen-bond acceptors (Lipinski definition) is 6. The third-order valence-corrected chi connectivity index (χ3v) is 9.50. The summed E-state index contributed by atoms with van der Waals surface area (Å²) in [5.41, 5.74) is 0.160. The Kier molecular flexibility index (Phi) is 7.29. The number of benzene rings is 2. The summed E-state index contributed by atoms with van der Waals surface area (Å²) in [5, 5.41) is 15.7. The van der Waals surface area contributed by atoms with E-state index in [9.17, 15) is 32.7 Å². The molecule has 2 N–H and O–H groups in total. The summed E-state index contributed by atoms with van der Waals surface area (Å²) in [6.07, 6.45) is -1.15. The molecule has 1 aromatic heterocycles. The fourth-order valence-electron chi connectivity index (χ4n) is 7.08. The van der Waals surface area contributed by atoms with Crippen molar-refractivity contribution in [2.24, 2.45) is 5.41 Å². The zero-order chi connectivity index (χ0) is 30.6. The SMILES string of the molecule is CC(=O)N1CCC2(CN(Cc3ccc(C(F)(F)F)cc3)CCC2(O)c2ccc3ncc(C4CCC(=O)NC4=O)cc3c2)C1. The van der Waals surface area contributed by atoms with Gasteiger partial charge in [-0.05, 0) is 66.3 Å². The van der Waals surface area contributed by atoms with E-state index >= 15 is 0 Å². The molecule has 6 rings (SSSR count). The van der Waals surface area contributed by atoms with Gasteiger partial charge in [-0.15, -0.1) is 0 Å². The summed E-state index contributed by atoms with van der Waals surface area (Å²) >= 11 is 0.